The Morgan fingerprint density at radius 1 is 1.22 bits per heavy atom. The third-order valence-corrected chi connectivity index (χ3v) is 3.78. The molecule has 0 saturated carbocycles. The molecule has 2 amide bonds. The lowest BCUT2D eigenvalue weighted by Crippen LogP contribution is -2.46. The summed E-state index contributed by atoms with van der Waals surface area (Å²) < 4.78 is 5.04. The van der Waals surface area contributed by atoms with Crippen LogP contribution in [0.15, 0.2) is 47.1 Å². The highest BCUT2D eigenvalue weighted by Crippen LogP contribution is 2.11. The van der Waals surface area contributed by atoms with Crippen molar-refractivity contribution in [2.24, 2.45) is 0 Å². The molecule has 1 N–H and O–H groups in total. The summed E-state index contributed by atoms with van der Waals surface area (Å²) in [6.07, 6.45) is 1.43. The number of benzene rings is 1. The van der Waals surface area contributed by atoms with Gasteiger partial charge in [0.1, 0.15) is 6.04 Å². The maximum atomic E-state index is 12.6. The molecule has 2 aromatic rings. The minimum atomic E-state index is -0.614. The predicted molar refractivity (Wildman–Crippen MR) is 87.9 cm³/mol. The Labute approximate surface area is 136 Å². The van der Waals surface area contributed by atoms with Crippen LogP contribution >= 0.6 is 0 Å². The van der Waals surface area contributed by atoms with E-state index in [1.54, 1.807) is 24.0 Å². The number of aryl methyl sites for hydroxylation is 1. The minimum Gasteiger partial charge on any atom is -0.459 e. The van der Waals surface area contributed by atoms with Gasteiger partial charge in [0.15, 0.2) is 5.76 Å². The van der Waals surface area contributed by atoms with Gasteiger partial charge in [0.25, 0.3) is 5.91 Å². The highest BCUT2D eigenvalue weighted by atomic mass is 16.3. The molecule has 23 heavy (non-hydrogen) atoms. The molecule has 5 nitrogen and oxygen atoms in total. The summed E-state index contributed by atoms with van der Waals surface area (Å²) in [5.41, 5.74) is 2.25. The fourth-order valence-corrected chi connectivity index (χ4v) is 2.35. The zero-order valence-corrected chi connectivity index (χ0v) is 13.7. The second-order valence-corrected chi connectivity index (χ2v) is 5.45. The van der Waals surface area contributed by atoms with Crippen molar-refractivity contribution in [1.82, 2.24) is 10.2 Å². The van der Waals surface area contributed by atoms with Crippen molar-refractivity contribution in [2.45, 2.75) is 33.4 Å². The first-order valence-electron chi connectivity index (χ1n) is 7.70. The van der Waals surface area contributed by atoms with Gasteiger partial charge in [-0.25, -0.2) is 0 Å². The first kappa shape index (κ1) is 16.8. The van der Waals surface area contributed by atoms with Crippen LogP contribution < -0.4 is 5.32 Å². The van der Waals surface area contributed by atoms with Gasteiger partial charge in [-0.3, -0.25) is 9.59 Å². The average Bonchev–Trinajstić information content (AvgIpc) is 3.08. The molecular formula is C18H22N2O3. The molecular weight excluding hydrogens is 292 g/mol. The molecule has 0 fully saturated rings. The quantitative estimate of drug-likeness (QED) is 0.892. The van der Waals surface area contributed by atoms with Crippen molar-refractivity contribution in [3.05, 3.63) is 59.5 Å². The van der Waals surface area contributed by atoms with Crippen LogP contribution in [0.4, 0.5) is 0 Å². The molecule has 2 rings (SSSR count). The molecule has 0 spiro atoms. The highest BCUT2D eigenvalue weighted by molar-refractivity contribution is 5.95. The number of carbonyl (C=O) groups excluding carboxylic acids is 2. The van der Waals surface area contributed by atoms with Crippen LogP contribution in [0.3, 0.4) is 0 Å². The summed E-state index contributed by atoms with van der Waals surface area (Å²) in [7, 11) is 0. The van der Waals surface area contributed by atoms with E-state index in [2.05, 4.69) is 5.32 Å². The lowest BCUT2D eigenvalue weighted by molar-refractivity contribution is -0.133. The first-order valence-corrected chi connectivity index (χ1v) is 7.70. The fourth-order valence-electron chi connectivity index (χ4n) is 2.35. The molecule has 1 aromatic heterocycles. The van der Waals surface area contributed by atoms with Crippen molar-refractivity contribution in [1.29, 1.82) is 0 Å². The second-order valence-electron chi connectivity index (χ2n) is 5.45. The van der Waals surface area contributed by atoms with Crippen LogP contribution in [0.25, 0.3) is 0 Å². The minimum absolute atomic E-state index is 0.115. The molecule has 0 saturated heterocycles. The zero-order valence-electron chi connectivity index (χ0n) is 13.7. The average molecular weight is 314 g/mol. The van der Waals surface area contributed by atoms with Crippen molar-refractivity contribution in [3.8, 4) is 0 Å². The van der Waals surface area contributed by atoms with E-state index in [0.717, 1.165) is 11.1 Å². The van der Waals surface area contributed by atoms with Gasteiger partial charge in [-0.15, -0.1) is 0 Å². The molecule has 0 radical (unpaired) electrons. The molecule has 0 aliphatic carbocycles. The summed E-state index contributed by atoms with van der Waals surface area (Å²) in [5.74, 6) is -0.301. The van der Waals surface area contributed by atoms with Crippen molar-refractivity contribution in [2.75, 3.05) is 6.54 Å². The van der Waals surface area contributed by atoms with Crippen LogP contribution in [0.2, 0.25) is 0 Å². The Balaban J connectivity index is 2.01. The highest BCUT2D eigenvalue weighted by Gasteiger charge is 2.22. The SMILES string of the molecule is CCN(Cc1ccccc1C)C(=O)C(C)NC(=O)c1ccco1. The number of hydrogen-bond acceptors (Lipinski definition) is 3. The monoisotopic (exact) mass is 314 g/mol. The van der Waals surface area contributed by atoms with Gasteiger partial charge >= 0.3 is 0 Å². The van der Waals surface area contributed by atoms with Gasteiger partial charge in [0, 0.05) is 13.1 Å². The lowest BCUT2D eigenvalue weighted by atomic mass is 10.1. The number of amides is 2. The van der Waals surface area contributed by atoms with E-state index in [1.165, 1.54) is 6.26 Å². The van der Waals surface area contributed by atoms with E-state index in [9.17, 15) is 9.59 Å². The third-order valence-electron chi connectivity index (χ3n) is 3.78. The van der Waals surface area contributed by atoms with E-state index in [4.69, 9.17) is 4.42 Å². The smallest absolute Gasteiger partial charge is 0.287 e. The maximum Gasteiger partial charge on any atom is 0.287 e. The van der Waals surface area contributed by atoms with Crippen LogP contribution in [-0.2, 0) is 11.3 Å². The fraction of sp³-hybridized carbons (Fsp3) is 0.333. The summed E-state index contributed by atoms with van der Waals surface area (Å²) in [6.45, 7) is 6.74. The topological polar surface area (TPSA) is 62.6 Å². The predicted octanol–water partition coefficient (Wildman–Crippen LogP) is 2.76. The molecule has 5 heteroatoms. The summed E-state index contributed by atoms with van der Waals surface area (Å²) in [4.78, 5) is 26.3. The maximum absolute atomic E-state index is 12.6. The summed E-state index contributed by atoms with van der Waals surface area (Å²) in [5, 5.41) is 2.67. The standard InChI is InChI=1S/C18H22N2O3/c1-4-20(12-15-9-6-5-8-13(15)2)18(22)14(3)19-17(21)16-10-7-11-23-16/h5-11,14H,4,12H2,1-3H3,(H,19,21). The number of carbonyl (C=O) groups is 2. The largest absolute Gasteiger partial charge is 0.459 e. The first-order chi connectivity index (χ1) is 11.0. The molecule has 0 bridgehead atoms. The number of nitrogens with zero attached hydrogens (tertiary/aromatic N) is 1. The van der Waals surface area contributed by atoms with Gasteiger partial charge < -0.3 is 14.6 Å². The molecule has 0 aliphatic rings. The molecule has 0 aliphatic heterocycles. The van der Waals surface area contributed by atoms with E-state index >= 15 is 0 Å². The van der Waals surface area contributed by atoms with Crippen LogP contribution in [-0.4, -0.2) is 29.3 Å². The lowest BCUT2D eigenvalue weighted by Gasteiger charge is -2.25. The number of hydrogen-bond donors (Lipinski definition) is 1. The second kappa shape index (κ2) is 7.63. The molecule has 1 unspecified atom stereocenters. The van der Waals surface area contributed by atoms with Crippen molar-refractivity contribution >= 4 is 11.8 Å². The molecule has 1 heterocycles. The number of nitrogens with one attached hydrogen (secondary N) is 1. The van der Waals surface area contributed by atoms with Crippen molar-refractivity contribution < 1.29 is 14.0 Å². The third kappa shape index (κ3) is 4.22. The number of rotatable bonds is 6. The Kier molecular flexibility index (Phi) is 5.57. The van der Waals surface area contributed by atoms with Gasteiger partial charge in [0.2, 0.25) is 5.91 Å². The normalized spacial score (nSPS) is 11.8. The molecule has 122 valence electrons. The van der Waals surface area contributed by atoms with Crippen molar-refractivity contribution in [3.63, 3.8) is 0 Å². The Morgan fingerprint density at radius 2 is 1.96 bits per heavy atom. The Hall–Kier alpha value is -2.56. The van der Waals surface area contributed by atoms with Gasteiger partial charge in [-0.2, -0.15) is 0 Å². The van der Waals surface area contributed by atoms with E-state index in [1.807, 2.05) is 38.1 Å². The van der Waals surface area contributed by atoms with Crippen LogP contribution in [0.5, 0.6) is 0 Å². The van der Waals surface area contributed by atoms with Gasteiger partial charge in [0.05, 0.1) is 6.26 Å². The Bertz CT molecular complexity index is 665. The van der Waals surface area contributed by atoms with Gasteiger partial charge in [-0.1, -0.05) is 24.3 Å². The van der Waals surface area contributed by atoms with E-state index in [-0.39, 0.29) is 17.6 Å². The number of furan rings is 1. The van der Waals surface area contributed by atoms with Gasteiger partial charge in [-0.05, 0) is 44.0 Å². The number of likely N-dealkylation sites (N-methyl/N-ethyl adjacent to an activating group) is 1. The molecule has 1 aromatic carbocycles. The summed E-state index contributed by atoms with van der Waals surface area (Å²) in [6, 6.07) is 10.6. The van der Waals surface area contributed by atoms with E-state index in [0.29, 0.717) is 13.1 Å². The Morgan fingerprint density at radius 3 is 2.57 bits per heavy atom. The zero-order chi connectivity index (χ0) is 16.8. The van der Waals surface area contributed by atoms with E-state index < -0.39 is 6.04 Å². The van der Waals surface area contributed by atoms with Crippen LogP contribution in [0.1, 0.15) is 35.5 Å². The summed E-state index contributed by atoms with van der Waals surface area (Å²) >= 11 is 0. The molecule has 1 atom stereocenters. The van der Waals surface area contributed by atoms with Crippen LogP contribution in [0, 0.1) is 6.92 Å².